The number of aryl methyl sites for hydroxylation is 1. The molecule has 1 fully saturated rings. The lowest BCUT2D eigenvalue weighted by molar-refractivity contribution is -0.385. The highest BCUT2D eigenvalue weighted by molar-refractivity contribution is 5.50. The Morgan fingerprint density at radius 3 is 2.45 bits per heavy atom. The lowest BCUT2D eigenvalue weighted by Gasteiger charge is -2.44. The van der Waals surface area contributed by atoms with E-state index in [-0.39, 0.29) is 11.2 Å². The Balaban J connectivity index is 2.13. The molecule has 6 heteroatoms. The Bertz CT molecular complexity index is 508. The van der Waals surface area contributed by atoms with Gasteiger partial charge in [-0.1, -0.05) is 0 Å². The van der Waals surface area contributed by atoms with Crippen LogP contribution in [0.25, 0.3) is 0 Å². The summed E-state index contributed by atoms with van der Waals surface area (Å²) in [5.74, 6) is 0.872. The predicted octanol–water partition coefficient (Wildman–Crippen LogP) is 2.22. The summed E-state index contributed by atoms with van der Waals surface area (Å²) in [6.45, 7) is 6.02. The van der Waals surface area contributed by atoms with Gasteiger partial charge < -0.3 is 9.80 Å². The van der Waals surface area contributed by atoms with Crippen LogP contribution in [0.5, 0.6) is 0 Å². The summed E-state index contributed by atoms with van der Waals surface area (Å²) < 4.78 is 0. The summed E-state index contributed by atoms with van der Waals surface area (Å²) in [5.41, 5.74) is 1.15. The highest BCUT2D eigenvalue weighted by Gasteiger charge is 2.32. The van der Waals surface area contributed by atoms with E-state index in [1.54, 1.807) is 6.07 Å². The first-order valence-electron chi connectivity index (χ1n) is 6.87. The Morgan fingerprint density at radius 1 is 1.40 bits per heavy atom. The SMILES string of the molecule is Cc1cc([N+](=O)[O-])cnc1N1CCC(C)(N(C)C)CC1. The number of aromatic nitrogens is 1. The number of anilines is 1. The number of rotatable bonds is 3. The number of pyridine rings is 1. The Labute approximate surface area is 119 Å². The van der Waals surface area contributed by atoms with Gasteiger partial charge in [0, 0.05) is 24.7 Å². The van der Waals surface area contributed by atoms with Crippen LogP contribution in [0, 0.1) is 17.0 Å². The summed E-state index contributed by atoms with van der Waals surface area (Å²) in [6, 6.07) is 1.60. The van der Waals surface area contributed by atoms with E-state index in [1.165, 1.54) is 6.20 Å². The predicted molar refractivity (Wildman–Crippen MR) is 79.2 cm³/mol. The highest BCUT2D eigenvalue weighted by atomic mass is 16.6. The molecule has 0 bridgehead atoms. The maximum Gasteiger partial charge on any atom is 0.287 e. The molecule has 0 aromatic carbocycles. The number of hydrogen-bond donors (Lipinski definition) is 0. The molecule has 0 spiro atoms. The molecular weight excluding hydrogens is 256 g/mol. The van der Waals surface area contributed by atoms with Gasteiger partial charge in [0.1, 0.15) is 12.0 Å². The molecule has 20 heavy (non-hydrogen) atoms. The normalized spacial score (nSPS) is 18.4. The van der Waals surface area contributed by atoms with Crippen LogP contribution in [-0.4, -0.2) is 47.5 Å². The van der Waals surface area contributed by atoms with Gasteiger partial charge in [0.05, 0.1) is 4.92 Å². The first-order valence-corrected chi connectivity index (χ1v) is 6.87. The molecule has 2 rings (SSSR count). The molecule has 1 aliphatic heterocycles. The monoisotopic (exact) mass is 278 g/mol. The zero-order valence-corrected chi connectivity index (χ0v) is 12.6. The van der Waals surface area contributed by atoms with Crippen molar-refractivity contribution in [3.63, 3.8) is 0 Å². The molecular formula is C14H22N4O2. The van der Waals surface area contributed by atoms with E-state index < -0.39 is 4.92 Å². The number of piperidine rings is 1. The molecule has 1 aliphatic rings. The maximum atomic E-state index is 10.7. The van der Waals surface area contributed by atoms with Crippen molar-refractivity contribution in [2.75, 3.05) is 32.1 Å². The van der Waals surface area contributed by atoms with Gasteiger partial charge in [0.15, 0.2) is 0 Å². The minimum absolute atomic E-state index is 0.0568. The maximum absolute atomic E-state index is 10.7. The molecule has 0 saturated carbocycles. The third-order valence-electron chi connectivity index (χ3n) is 4.47. The molecule has 6 nitrogen and oxygen atoms in total. The van der Waals surface area contributed by atoms with E-state index in [9.17, 15) is 10.1 Å². The fourth-order valence-electron chi connectivity index (χ4n) is 2.63. The van der Waals surface area contributed by atoms with E-state index in [4.69, 9.17) is 0 Å². The standard InChI is InChI=1S/C14H22N4O2/c1-11-9-12(18(19)20)10-15-13(11)17-7-5-14(2,6-8-17)16(3)4/h9-10H,5-8H2,1-4H3. The molecule has 0 amide bonds. The van der Waals surface area contributed by atoms with Gasteiger partial charge in [-0.3, -0.25) is 10.1 Å². The van der Waals surface area contributed by atoms with Crippen molar-refractivity contribution in [3.8, 4) is 0 Å². The third-order valence-corrected chi connectivity index (χ3v) is 4.47. The van der Waals surface area contributed by atoms with Crippen LogP contribution in [0.2, 0.25) is 0 Å². The smallest absolute Gasteiger partial charge is 0.287 e. The summed E-state index contributed by atoms with van der Waals surface area (Å²) >= 11 is 0. The van der Waals surface area contributed by atoms with Crippen molar-refractivity contribution >= 4 is 11.5 Å². The summed E-state index contributed by atoms with van der Waals surface area (Å²) in [5, 5.41) is 10.7. The van der Waals surface area contributed by atoms with Crippen molar-refractivity contribution in [1.82, 2.24) is 9.88 Å². The molecule has 1 saturated heterocycles. The van der Waals surface area contributed by atoms with E-state index in [2.05, 4.69) is 35.8 Å². The molecule has 0 unspecified atom stereocenters. The second-order valence-corrected chi connectivity index (χ2v) is 5.97. The molecule has 0 aliphatic carbocycles. The van der Waals surface area contributed by atoms with Crippen LogP contribution in [0.4, 0.5) is 11.5 Å². The van der Waals surface area contributed by atoms with Crippen molar-refractivity contribution in [3.05, 3.63) is 27.9 Å². The van der Waals surface area contributed by atoms with E-state index in [0.29, 0.717) is 0 Å². The number of hydrogen-bond acceptors (Lipinski definition) is 5. The summed E-state index contributed by atoms with van der Waals surface area (Å²) in [7, 11) is 4.23. The van der Waals surface area contributed by atoms with Gasteiger partial charge in [0.25, 0.3) is 5.69 Å². The fourth-order valence-corrected chi connectivity index (χ4v) is 2.63. The minimum Gasteiger partial charge on any atom is -0.356 e. The topological polar surface area (TPSA) is 62.5 Å². The van der Waals surface area contributed by atoms with Crippen LogP contribution < -0.4 is 4.90 Å². The van der Waals surface area contributed by atoms with Gasteiger partial charge in [-0.25, -0.2) is 4.98 Å². The molecule has 0 N–H and O–H groups in total. The average Bonchev–Trinajstić information content (AvgIpc) is 2.39. The van der Waals surface area contributed by atoms with Crippen molar-refractivity contribution in [1.29, 1.82) is 0 Å². The van der Waals surface area contributed by atoms with Crippen LogP contribution in [0.15, 0.2) is 12.3 Å². The zero-order chi connectivity index (χ0) is 14.9. The second kappa shape index (κ2) is 5.36. The van der Waals surface area contributed by atoms with Crippen LogP contribution in [0.1, 0.15) is 25.3 Å². The van der Waals surface area contributed by atoms with Gasteiger partial charge in [-0.2, -0.15) is 0 Å². The third kappa shape index (κ3) is 2.75. The van der Waals surface area contributed by atoms with Gasteiger partial charge in [-0.05, 0) is 46.3 Å². The molecule has 0 radical (unpaired) electrons. The molecule has 2 heterocycles. The number of nitro groups is 1. The largest absolute Gasteiger partial charge is 0.356 e. The molecule has 0 atom stereocenters. The van der Waals surface area contributed by atoms with Crippen molar-refractivity contribution < 1.29 is 4.92 Å². The molecule has 1 aromatic heterocycles. The average molecular weight is 278 g/mol. The zero-order valence-electron chi connectivity index (χ0n) is 12.6. The first-order chi connectivity index (χ1) is 9.33. The van der Waals surface area contributed by atoms with Crippen molar-refractivity contribution in [2.24, 2.45) is 0 Å². The fraction of sp³-hybridized carbons (Fsp3) is 0.643. The summed E-state index contributed by atoms with van der Waals surface area (Å²) in [6.07, 6.45) is 3.48. The lowest BCUT2D eigenvalue weighted by Crippen LogP contribution is -2.51. The van der Waals surface area contributed by atoms with Gasteiger partial charge in [-0.15, -0.1) is 0 Å². The summed E-state index contributed by atoms with van der Waals surface area (Å²) in [4.78, 5) is 19.1. The molecule has 1 aromatic rings. The second-order valence-electron chi connectivity index (χ2n) is 5.97. The Hall–Kier alpha value is -1.69. The van der Waals surface area contributed by atoms with Crippen LogP contribution in [-0.2, 0) is 0 Å². The van der Waals surface area contributed by atoms with Crippen molar-refractivity contribution in [2.45, 2.75) is 32.2 Å². The Kier molecular flexibility index (Phi) is 3.94. The van der Waals surface area contributed by atoms with E-state index >= 15 is 0 Å². The van der Waals surface area contributed by atoms with Gasteiger partial charge in [0.2, 0.25) is 0 Å². The highest BCUT2D eigenvalue weighted by Crippen LogP contribution is 2.30. The van der Waals surface area contributed by atoms with Crippen LogP contribution >= 0.6 is 0 Å². The van der Waals surface area contributed by atoms with E-state index in [1.807, 2.05) is 6.92 Å². The van der Waals surface area contributed by atoms with Gasteiger partial charge >= 0.3 is 0 Å². The Morgan fingerprint density at radius 2 is 2.00 bits per heavy atom. The van der Waals surface area contributed by atoms with Crippen LogP contribution in [0.3, 0.4) is 0 Å². The lowest BCUT2D eigenvalue weighted by atomic mass is 9.88. The minimum atomic E-state index is -0.400. The number of nitrogens with zero attached hydrogens (tertiary/aromatic N) is 4. The molecule has 110 valence electrons. The van der Waals surface area contributed by atoms with E-state index in [0.717, 1.165) is 37.3 Å². The quantitative estimate of drug-likeness (QED) is 0.626. The first kappa shape index (κ1) is 14.7.